The van der Waals surface area contributed by atoms with Crippen molar-refractivity contribution >= 4 is 16.9 Å². The third-order valence-corrected chi connectivity index (χ3v) is 3.56. The minimum atomic E-state index is -0.370. The highest BCUT2D eigenvalue weighted by molar-refractivity contribution is 6.04. The van der Waals surface area contributed by atoms with E-state index < -0.39 is 0 Å². The van der Waals surface area contributed by atoms with Crippen molar-refractivity contribution in [2.24, 2.45) is 0 Å². The summed E-state index contributed by atoms with van der Waals surface area (Å²) in [6.07, 6.45) is 0. The number of nitrogens with zero attached hydrogens (tertiary/aromatic N) is 1. The topological polar surface area (TPSA) is 48.4 Å². The smallest absolute Gasteiger partial charge is 0.338 e. The molecule has 0 aliphatic rings. The number of carbonyl (C=O) groups excluding carboxylic acids is 1. The molecule has 1 aromatic heterocycles. The van der Waals surface area contributed by atoms with Crippen LogP contribution in [0.15, 0.2) is 54.6 Å². The Hall–Kier alpha value is -2.88. The Bertz CT molecular complexity index is 858. The standard InChI is InChI=1S/C19H17NO3/c1-3-23-14-8-6-7-13(11-14)18-12-16(19(21)22-2)15-9-4-5-10-17(15)20-18/h4-12H,3H2,1-2H3. The van der Waals surface area contributed by atoms with Crippen molar-refractivity contribution in [1.29, 1.82) is 0 Å². The summed E-state index contributed by atoms with van der Waals surface area (Å²) in [6.45, 7) is 2.54. The van der Waals surface area contributed by atoms with E-state index in [1.54, 1.807) is 6.07 Å². The SMILES string of the molecule is CCOc1cccc(-c2cc(C(=O)OC)c3ccccc3n2)c1. The summed E-state index contributed by atoms with van der Waals surface area (Å²) in [6, 6.07) is 17.0. The minimum Gasteiger partial charge on any atom is -0.494 e. The molecule has 0 radical (unpaired) electrons. The molecule has 1 heterocycles. The summed E-state index contributed by atoms with van der Waals surface area (Å²) in [5.41, 5.74) is 2.87. The van der Waals surface area contributed by atoms with Crippen molar-refractivity contribution in [3.8, 4) is 17.0 Å². The molecule has 0 saturated carbocycles. The van der Waals surface area contributed by atoms with E-state index in [-0.39, 0.29) is 5.97 Å². The first-order chi connectivity index (χ1) is 11.2. The van der Waals surface area contributed by atoms with Gasteiger partial charge in [0.25, 0.3) is 0 Å². The highest BCUT2D eigenvalue weighted by Gasteiger charge is 2.14. The molecule has 0 bridgehead atoms. The van der Waals surface area contributed by atoms with Crippen LogP contribution in [0.5, 0.6) is 5.75 Å². The van der Waals surface area contributed by atoms with Crippen molar-refractivity contribution in [2.45, 2.75) is 6.92 Å². The largest absolute Gasteiger partial charge is 0.494 e. The quantitative estimate of drug-likeness (QED) is 0.681. The molecular weight excluding hydrogens is 290 g/mol. The van der Waals surface area contributed by atoms with Crippen LogP contribution in [0.25, 0.3) is 22.2 Å². The number of aromatic nitrogens is 1. The van der Waals surface area contributed by atoms with Gasteiger partial charge in [0.2, 0.25) is 0 Å². The predicted molar refractivity (Wildman–Crippen MR) is 89.7 cm³/mol. The Kier molecular flexibility index (Phi) is 4.24. The second-order valence-corrected chi connectivity index (χ2v) is 5.02. The van der Waals surface area contributed by atoms with Crippen molar-refractivity contribution in [2.75, 3.05) is 13.7 Å². The number of rotatable bonds is 4. The first kappa shape index (κ1) is 15.0. The lowest BCUT2D eigenvalue weighted by Crippen LogP contribution is -2.03. The Morgan fingerprint density at radius 1 is 1.09 bits per heavy atom. The highest BCUT2D eigenvalue weighted by Crippen LogP contribution is 2.27. The van der Waals surface area contributed by atoms with Gasteiger partial charge in [0.1, 0.15) is 5.75 Å². The first-order valence-electron chi connectivity index (χ1n) is 7.44. The third-order valence-electron chi connectivity index (χ3n) is 3.56. The molecule has 0 unspecified atom stereocenters. The molecule has 3 rings (SSSR count). The van der Waals surface area contributed by atoms with Gasteiger partial charge in [-0.2, -0.15) is 0 Å². The number of para-hydroxylation sites is 1. The summed E-state index contributed by atoms with van der Waals surface area (Å²) in [5.74, 6) is 0.408. The van der Waals surface area contributed by atoms with Gasteiger partial charge < -0.3 is 9.47 Å². The summed E-state index contributed by atoms with van der Waals surface area (Å²) >= 11 is 0. The van der Waals surface area contributed by atoms with Gasteiger partial charge in [-0.05, 0) is 31.2 Å². The fourth-order valence-corrected chi connectivity index (χ4v) is 2.51. The first-order valence-corrected chi connectivity index (χ1v) is 7.44. The zero-order valence-electron chi connectivity index (χ0n) is 13.1. The summed E-state index contributed by atoms with van der Waals surface area (Å²) in [4.78, 5) is 16.8. The molecule has 116 valence electrons. The molecule has 0 aliphatic carbocycles. The Labute approximate surface area is 134 Å². The molecule has 0 saturated heterocycles. The van der Waals surface area contributed by atoms with Crippen LogP contribution in [0.1, 0.15) is 17.3 Å². The number of methoxy groups -OCH3 is 1. The second-order valence-electron chi connectivity index (χ2n) is 5.02. The number of fused-ring (bicyclic) bond motifs is 1. The maximum Gasteiger partial charge on any atom is 0.338 e. The van der Waals surface area contributed by atoms with Gasteiger partial charge in [0.15, 0.2) is 0 Å². The van der Waals surface area contributed by atoms with Crippen molar-refractivity contribution < 1.29 is 14.3 Å². The highest BCUT2D eigenvalue weighted by atomic mass is 16.5. The van der Waals surface area contributed by atoms with E-state index in [1.165, 1.54) is 7.11 Å². The van der Waals surface area contributed by atoms with E-state index in [0.29, 0.717) is 17.9 Å². The zero-order chi connectivity index (χ0) is 16.2. The van der Waals surface area contributed by atoms with Crippen LogP contribution in [0.3, 0.4) is 0 Å². The molecule has 4 nitrogen and oxygen atoms in total. The number of benzene rings is 2. The van der Waals surface area contributed by atoms with Gasteiger partial charge in [-0.25, -0.2) is 9.78 Å². The van der Waals surface area contributed by atoms with Crippen LogP contribution in [-0.2, 0) is 4.74 Å². The molecular formula is C19H17NO3. The zero-order valence-corrected chi connectivity index (χ0v) is 13.1. The predicted octanol–water partition coefficient (Wildman–Crippen LogP) is 4.09. The monoisotopic (exact) mass is 307 g/mol. The summed E-state index contributed by atoms with van der Waals surface area (Å²) in [7, 11) is 1.38. The normalized spacial score (nSPS) is 10.5. The van der Waals surface area contributed by atoms with Crippen molar-refractivity contribution in [3.05, 3.63) is 60.2 Å². The molecule has 0 N–H and O–H groups in total. The van der Waals surface area contributed by atoms with Crippen LogP contribution in [-0.4, -0.2) is 24.7 Å². The van der Waals surface area contributed by atoms with E-state index in [1.807, 2.05) is 55.5 Å². The van der Waals surface area contributed by atoms with Gasteiger partial charge in [-0.1, -0.05) is 30.3 Å². The van der Waals surface area contributed by atoms with Crippen LogP contribution < -0.4 is 4.74 Å². The Balaban J connectivity index is 2.18. The second kappa shape index (κ2) is 6.48. The summed E-state index contributed by atoms with van der Waals surface area (Å²) < 4.78 is 10.4. The van der Waals surface area contributed by atoms with E-state index in [0.717, 1.165) is 22.2 Å². The van der Waals surface area contributed by atoms with Crippen LogP contribution >= 0.6 is 0 Å². The van der Waals surface area contributed by atoms with Gasteiger partial charge in [-0.3, -0.25) is 0 Å². The number of hydrogen-bond acceptors (Lipinski definition) is 4. The third kappa shape index (κ3) is 3.01. The van der Waals surface area contributed by atoms with Gasteiger partial charge in [0, 0.05) is 10.9 Å². The molecule has 23 heavy (non-hydrogen) atoms. The molecule has 3 aromatic rings. The molecule has 0 amide bonds. The van der Waals surface area contributed by atoms with E-state index >= 15 is 0 Å². The average Bonchev–Trinajstić information content (AvgIpc) is 2.60. The Morgan fingerprint density at radius 3 is 2.70 bits per heavy atom. The lowest BCUT2D eigenvalue weighted by Gasteiger charge is -2.10. The van der Waals surface area contributed by atoms with Crippen LogP contribution in [0.2, 0.25) is 0 Å². The van der Waals surface area contributed by atoms with E-state index in [2.05, 4.69) is 4.98 Å². The molecule has 0 spiro atoms. The molecule has 2 aromatic carbocycles. The van der Waals surface area contributed by atoms with Crippen LogP contribution in [0.4, 0.5) is 0 Å². The van der Waals surface area contributed by atoms with Gasteiger partial charge in [0.05, 0.1) is 30.5 Å². The number of pyridine rings is 1. The van der Waals surface area contributed by atoms with Crippen molar-refractivity contribution in [1.82, 2.24) is 4.98 Å². The number of hydrogen-bond donors (Lipinski definition) is 0. The fourth-order valence-electron chi connectivity index (χ4n) is 2.51. The summed E-state index contributed by atoms with van der Waals surface area (Å²) in [5, 5.41) is 0.782. The maximum absolute atomic E-state index is 12.1. The maximum atomic E-state index is 12.1. The van der Waals surface area contributed by atoms with Gasteiger partial charge >= 0.3 is 5.97 Å². The number of esters is 1. The minimum absolute atomic E-state index is 0.370. The van der Waals surface area contributed by atoms with Crippen molar-refractivity contribution in [3.63, 3.8) is 0 Å². The Morgan fingerprint density at radius 2 is 1.91 bits per heavy atom. The van der Waals surface area contributed by atoms with E-state index in [9.17, 15) is 4.79 Å². The van der Waals surface area contributed by atoms with Gasteiger partial charge in [-0.15, -0.1) is 0 Å². The lowest BCUT2D eigenvalue weighted by atomic mass is 10.0. The molecule has 0 atom stereocenters. The van der Waals surface area contributed by atoms with E-state index in [4.69, 9.17) is 9.47 Å². The molecule has 4 heteroatoms. The molecule has 0 aliphatic heterocycles. The fraction of sp³-hybridized carbons (Fsp3) is 0.158. The number of ether oxygens (including phenoxy) is 2. The lowest BCUT2D eigenvalue weighted by molar-refractivity contribution is 0.0603. The molecule has 0 fully saturated rings. The number of carbonyl (C=O) groups is 1. The van der Waals surface area contributed by atoms with Crippen LogP contribution in [0, 0.1) is 0 Å². The average molecular weight is 307 g/mol.